The molecule has 4 rings (SSSR count). The normalized spacial score (nSPS) is 17.0. The van der Waals surface area contributed by atoms with Crippen molar-refractivity contribution in [3.05, 3.63) is 71.1 Å². The Bertz CT molecular complexity index is 883. The molecule has 2 aromatic heterocycles. The summed E-state index contributed by atoms with van der Waals surface area (Å²) in [6.07, 6.45) is 3.36. The maximum Gasteiger partial charge on any atom is 0.277 e. The van der Waals surface area contributed by atoms with Gasteiger partial charge in [-0.25, -0.2) is 0 Å². The number of thioether (sulfide) groups is 1. The van der Waals surface area contributed by atoms with Crippen LogP contribution in [0.1, 0.15) is 21.4 Å². The first-order chi connectivity index (χ1) is 12.2. The van der Waals surface area contributed by atoms with Gasteiger partial charge in [-0.3, -0.25) is 9.78 Å². The van der Waals surface area contributed by atoms with Gasteiger partial charge >= 0.3 is 0 Å². The second kappa shape index (κ2) is 6.90. The highest BCUT2D eigenvalue weighted by molar-refractivity contribution is 7.99. The van der Waals surface area contributed by atoms with E-state index in [9.17, 15) is 4.79 Å². The molecule has 5 nitrogen and oxygen atoms in total. The molecule has 0 spiro atoms. The molecule has 1 aliphatic heterocycles. The molecule has 1 unspecified atom stereocenters. The Morgan fingerprint density at radius 2 is 2.12 bits per heavy atom. The predicted molar refractivity (Wildman–Crippen MR) is 97.4 cm³/mol. The largest absolute Gasteiger partial charge is 0.355 e. The zero-order valence-electron chi connectivity index (χ0n) is 13.1. The molecule has 3 aromatic rings. The molecule has 1 aromatic carbocycles. The Balaban J connectivity index is 1.58. The third-order valence-corrected chi connectivity index (χ3v) is 5.49. The van der Waals surface area contributed by atoms with E-state index in [1.165, 1.54) is 0 Å². The van der Waals surface area contributed by atoms with Gasteiger partial charge in [-0.1, -0.05) is 28.9 Å². The van der Waals surface area contributed by atoms with Crippen molar-refractivity contribution in [1.29, 1.82) is 0 Å². The van der Waals surface area contributed by atoms with E-state index in [-0.39, 0.29) is 11.3 Å². The van der Waals surface area contributed by atoms with Crippen molar-refractivity contribution in [2.45, 2.75) is 5.37 Å². The number of halogens is 1. The number of pyridine rings is 1. The summed E-state index contributed by atoms with van der Waals surface area (Å²) in [6, 6.07) is 12.9. The van der Waals surface area contributed by atoms with Crippen LogP contribution in [0.15, 0.2) is 59.4 Å². The smallest absolute Gasteiger partial charge is 0.277 e. The second-order valence-electron chi connectivity index (χ2n) is 5.59. The van der Waals surface area contributed by atoms with Crippen LogP contribution in [0.4, 0.5) is 0 Å². The molecular weight excluding hydrogens is 358 g/mol. The molecule has 0 aliphatic carbocycles. The second-order valence-corrected chi connectivity index (χ2v) is 7.22. The highest BCUT2D eigenvalue weighted by Crippen LogP contribution is 2.39. The molecule has 0 bridgehead atoms. The van der Waals surface area contributed by atoms with Gasteiger partial charge in [0.25, 0.3) is 5.91 Å². The van der Waals surface area contributed by atoms with E-state index in [0.717, 1.165) is 16.9 Å². The van der Waals surface area contributed by atoms with Crippen LogP contribution < -0.4 is 0 Å². The molecule has 25 heavy (non-hydrogen) atoms. The first-order valence-corrected chi connectivity index (χ1v) is 9.20. The van der Waals surface area contributed by atoms with Crippen molar-refractivity contribution in [3.63, 3.8) is 0 Å². The van der Waals surface area contributed by atoms with Crippen LogP contribution in [-0.4, -0.2) is 33.2 Å². The van der Waals surface area contributed by atoms with E-state index < -0.39 is 0 Å². The molecule has 1 aliphatic rings. The number of rotatable bonds is 3. The van der Waals surface area contributed by atoms with Crippen LogP contribution in [0.5, 0.6) is 0 Å². The first-order valence-electron chi connectivity index (χ1n) is 7.77. The van der Waals surface area contributed by atoms with Gasteiger partial charge in [0.1, 0.15) is 5.37 Å². The zero-order valence-corrected chi connectivity index (χ0v) is 14.7. The Kier molecular flexibility index (Phi) is 4.46. The number of amides is 1. The number of carbonyl (C=O) groups excluding carboxylic acids is 1. The van der Waals surface area contributed by atoms with Crippen molar-refractivity contribution < 1.29 is 9.32 Å². The standard InChI is InChI=1S/C18H14ClN3O2S/c19-14-5-3-12(4-6-14)18-22(8-9-25-18)17(23)15-10-16(24-21-15)13-2-1-7-20-11-13/h1-7,10-11,18H,8-9H2. The Morgan fingerprint density at radius 3 is 2.88 bits per heavy atom. The Labute approximate surface area is 154 Å². The minimum Gasteiger partial charge on any atom is -0.355 e. The molecule has 1 atom stereocenters. The molecule has 0 N–H and O–H groups in total. The maximum absolute atomic E-state index is 12.9. The SMILES string of the molecule is O=C(c1cc(-c2cccnc2)on1)N1CCSC1c1ccc(Cl)cc1. The summed E-state index contributed by atoms with van der Waals surface area (Å²) in [5.41, 5.74) is 2.15. The maximum atomic E-state index is 12.9. The van der Waals surface area contributed by atoms with Gasteiger partial charge in [0, 0.05) is 41.3 Å². The molecule has 1 fully saturated rings. The summed E-state index contributed by atoms with van der Waals surface area (Å²) in [4.78, 5) is 18.8. The van der Waals surface area contributed by atoms with Gasteiger partial charge in [0.15, 0.2) is 11.5 Å². The number of benzene rings is 1. The van der Waals surface area contributed by atoms with E-state index in [0.29, 0.717) is 23.0 Å². The van der Waals surface area contributed by atoms with Gasteiger partial charge in [0.05, 0.1) is 0 Å². The Morgan fingerprint density at radius 1 is 1.28 bits per heavy atom. The fourth-order valence-electron chi connectivity index (χ4n) is 2.75. The molecule has 1 saturated heterocycles. The van der Waals surface area contributed by atoms with Crippen molar-refractivity contribution in [3.8, 4) is 11.3 Å². The summed E-state index contributed by atoms with van der Waals surface area (Å²) >= 11 is 7.69. The fraction of sp³-hybridized carbons (Fsp3) is 0.167. The van der Waals surface area contributed by atoms with Crippen LogP contribution >= 0.6 is 23.4 Å². The van der Waals surface area contributed by atoms with Gasteiger partial charge in [-0.15, -0.1) is 11.8 Å². The third-order valence-electron chi connectivity index (χ3n) is 3.98. The molecular formula is C18H14ClN3O2S. The van der Waals surface area contributed by atoms with Gasteiger partial charge in [-0.2, -0.15) is 0 Å². The van der Waals surface area contributed by atoms with Crippen LogP contribution in [0.2, 0.25) is 5.02 Å². The van der Waals surface area contributed by atoms with Crippen molar-refractivity contribution in [2.75, 3.05) is 12.3 Å². The first kappa shape index (κ1) is 16.2. The number of carbonyl (C=O) groups is 1. The fourth-order valence-corrected chi connectivity index (χ4v) is 4.13. The molecule has 7 heteroatoms. The number of hydrogen-bond donors (Lipinski definition) is 0. The van der Waals surface area contributed by atoms with Crippen LogP contribution in [0.25, 0.3) is 11.3 Å². The van der Waals surface area contributed by atoms with Crippen molar-refractivity contribution in [1.82, 2.24) is 15.0 Å². The van der Waals surface area contributed by atoms with E-state index in [1.807, 2.05) is 41.3 Å². The lowest BCUT2D eigenvalue weighted by atomic mass is 10.2. The number of aromatic nitrogens is 2. The minimum atomic E-state index is -0.135. The topological polar surface area (TPSA) is 59.2 Å². The summed E-state index contributed by atoms with van der Waals surface area (Å²) in [5.74, 6) is 1.28. The summed E-state index contributed by atoms with van der Waals surface area (Å²) in [7, 11) is 0. The highest BCUT2D eigenvalue weighted by atomic mass is 35.5. The minimum absolute atomic E-state index is 0.0386. The van der Waals surface area contributed by atoms with Crippen LogP contribution in [0.3, 0.4) is 0 Å². The van der Waals surface area contributed by atoms with Gasteiger partial charge in [-0.05, 0) is 29.8 Å². The molecule has 3 heterocycles. The van der Waals surface area contributed by atoms with Crippen molar-refractivity contribution >= 4 is 29.3 Å². The molecule has 0 radical (unpaired) electrons. The van der Waals surface area contributed by atoms with Crippen molar-refractivity contribution in [2.24, 2.45) is 0 Å². The van der Waals surface area contributed by atoms with E-state index >= 15 is 0 Å². The number of nitrogens with zero attached hydrogens (tertiary/aromatic N) is 3. The van der Waals surface area contributed by atoms with E-state index in [1.54, 1.807) is 30.2 Å². The Hall–Kier alpha value is -2.31. The summed E-state index contributed by atoms with van der Waals surface area (Å²) < 4.78 is 5.33. The molecule has 1 amide bonds. The highest BCUT2D eigenvalue weighted by Gasteiger charge is 2.32. The quantitative estimate of drug-likeness (QED) is 0.687. The lowest BCUT2D eigenvalue weighted by molar-refractivity contribution is 0.0750. The molecule has 126 valence electrons. The van der Waals surface area contributed by atoms with Crippen LogP contribution in [-0.2, 0) is 0 Å². The number of hydrogen-bond acceptors (Lipinski definition) is 5. The van der Waals surface area contributed by atoms with E-state index in [4.69, 9.17) is 16.1 Å². The van der Waals surface area contributed by atoms with Crippen LogP contribution in [0, 0.1) is 0 Å². The third kappa shape index (κ3) is 3.27. The molecule has 0 saturated carbocycles. The summed E-state index contributed by atoms with van der Waals surface area (Å²) in [5, 5.41) is 4.60. The average Bonchev–Trinajstić information content (AvgIpc) is 3.32. The zero-order chi connectivity index (χ0) is 17.2. The predicted octanol–water partition coefficient (Wildman–Crippen LogP) is 4.28. The van der Waals surface area contributed by atoms with Gasteiger partial charge < -0.3 is 9.42 Å². The lowest BCUT2D eigenvalue weighted by Gasteiger charge is -2.23. The summed E-state index contributed by atoms with van der Waals surface area (Å²) in [6.45, 7) is 0.672. The van der Waals surface area contributed by atoms with Gasteiger partial charge in [0.2, 0.25) is 0 Å². The average molecular weight is 372 g/mol. The monoisotopic (exact) mass is 371 g/mol. The van der Waals surface area contributed by atoms with E-state index in [2.05, 4.69) is 10.1 Å². The lowest BCUT2D eigenvalue weighted by Crippen LogP contribution is -2.30.